The first-order valence-electron chi connectivity index (χ1n) is 4.07. The molecule has 1 radical (unpaired) electrons. The van der Waals surface area contributed by atoms with Crippen molar-refractivity contribution in [3.05, 3.63) is 24.3 Å². The molecule has 1 aromatic rings. The first-order chi connectivity index (χ1) is 6.36. The summed E-state index contributed by atoms with van der Waals surface area (Å²) in [5, 5.41) is 0. The second-order valence-electron chi connectivity index (χ2n) is 2.34. The maximum Gasteiger partial charge on any atom is 0.239 e. The van der Waals surface area contributed by atoms with Crippen LogP contribution in [0.3, 0.4) is 0 Å². The summed E-state index contributed by atoms with van der Waals surface area (Å²) in [7, 11) is 0. The van der Waals surface area contributed by atoms with Gasteiger partial charge in [-0.05, 0) is 19.1 Å². The zero-order valence-corrected chi connectivity index (χ0v) is 7.45. The smallest absolute Gasteiger partial charge is 0.239 e. The van der Waals surface area contributed by atoms with Crippen LogP contribution in [0, 0.1) is 0 Å². The third-order valence-corrected chi connectivity index (χ3v) is 1.41. The van der Waals surface area contributed by atoms with Crippen molar-refractivity contribution >= 4 is 6.29 Å². The topological polar surface area (TPSA) is 35.5 Å². The van der Waals surface area contributed by atoms with Crippen molar-refractivity contribution in [3.8, 4) is 11.5 Å². The van der Waals surface area contributed by atoms with Gasteiger partial charge in [-0.25, -0.2) is 0 Å². The maximum atomic E-state index is 9.91. The van der Waals surface area contributed by atoms with Crippen LogP contribution in [0.25, 0.3) is 0 Å². The Morgan fingerprint density at radius 1 is 1.31 bits per heavy atom. The van der Waals surface area contributed by atoms with Gasteiger partial charge in [-0.15, -0.1) is 0 Å². The lowest BCUT2D eigenvalue weighted by Crippen LogP contribution is -1.98. The largest absolute Gasteiger partial charge is 0.494 e. The van der Waals surface area contributed by atoms with E-state index >= 15 is 0 Å². The first-order valence-corrected chi connectivity index (χ1v) is 4.07. The Morgan fingerprint density at radius 3 is 2.62 bits per heavy atom. The van der Waals surface area contributed by atoms with Crippen LogP contribution in [0.5, 0.6) is 11.5 Å². The predicted octanol–water partition coefficient (Wildman–Crippen LogP) is 1.57. The minimum absolute atomic E-state index is 0.0461. The molecule has 0 spiro atoms. The van der Waals surface area contributed by atoms with E-state index in [1.807, 2.05) is 19.1 Å². The molecule has 3 heteroatoms. The second-order valence-corrected chi connectivity index (χ2v) is 2.34. The lowest BCUT2D eigenvalue weighted by atomic mass is 10.3. The minimum Gasteiger partial charge on any atom is -0.494 e. The van der Waals surface area contributed by atoms with Crippen LogP contribution >= 0.6 is 0 Å². The standard InChI is InChI=1S/C10H11O3/c1-2-12-9-4-3-5-10(8-9)13-7-6-11/h3-5,8H,2,7H2,1H3. The van der Waals surface area contributed by atoms with Gasteiger partial charge in [-0.1, -0.05) is 6.07 Å². The molecule has 0 heterocycles. The number of hydrogen-bond donors (Lipinski definition) is 0. The molecule has 0 aliphatic carbocycles. The van der Waals surface area contributed by atoms with E-state index in [0.29, 0.717) is 12.4 Å². The highest BCUT2D eigenvalue weighted by Crippen LogP contribution is 2.18. The first kappa shape index (κ1) is 9.58. The molecule has 0 fully saturated rings. The molecular formula is C10H11O3. The zero-order chi connectivity index (χ0) is 9.52. The van der Waals surface area contributed by atoms with Crippen LogP contribution in [-0.2, 0) is 4.79 Å². The van der Waals surface area contributed by atoms with Gasteiger partial charge < -0.3 is 9.47 Å². The van der Waals surface area contributed by atoms with E-state index in [1.54, 1.807) is 18.4 Å². The van der Waals surface area contributed by atoms with Gasteiger partial charge in [-0.3, -0.25) is 4.79 Å². The number of carbonyl (C=O) groups excluding carboxylic acids is 1. The highest BCUT2D eigenvalue weighted by molar-refractivity contribution is 5.52. The molecule has 0 N–H and O–H groups in total. The fraction of sp³-hybridized carbons (Fsp3) is 0.300. The summed E-state index contributed by atoms with van der Waals surface area (Å²) >= 11 is 0. The Labute approximate surface area is 77.3 Å². The van der Waals surface area contributed by atoms with E-state index < -0.39 is 0 Å². The van der Waals surface area contributed by atoms with Gasteiger partial charge in [0.1, 0.15) is 11.5 Å². The molecule has 13 heavy (non-hydrogen) atoms. The Kier molecular flexibility index (Phi) is 3.82. The van der Waals surface area contributed by atoms with E-state index in [9.17, 15) is 4.79 Å². The van der Waals surface area contributed by atoms with Gasteiger partial charge >= 0.3 is 0 Å². The number of benzene rings is 1. The van der Waals surface area contributed by atoms with Crippen LogP contribution in [0.2, 0.25) is 0 Å². The van der Waals surface area contributed by atoms with E-state index in [0.717, 1.165) is 5.75 Å². The van der Waals surface area contributed by atoms with Crippen molar-refractivity contribution in [2.75, 3.05) is 13.2 Å². The van der Waals surface area contributed by atoms with Gasteiger partial charge in [-0.2, -0.15) is 0 Å². The average molecular weight is 179 g/mol. The van der Waals surface area contributed by atoms with Crippen molar-refractivity contribution < 1.29 is 14.3 Å². The molecule has 0 aliphatic rings. The molecule has 1 aromatic carbocycles. The second kappa shape index (κ2) is 5.19. The Bertz CT molecular complexity index is 271. The van der Waals surface area contributed by atoms with E-state index in [4.69, 9.17) is 9.47 Å². The van der Waals surface area contributed by atoms with E-state index in [2.05, 4.69) is 0 Å². The van der Waals surface area contributed by atoms with Crippen LogP contribution in [0.4, 0.5) is 0 Å². The van der Waals surface area contributed by atoms with Crippen LogP contribution in [0.15, 0.2) is 24.3 Å². The molecule has 0 bridgehead atoms. The molecule has 0 atom stereocenters. The molecule has 0 unspecified atom stereocenters. The molecule has 69 valence electrons. The molecule has 0 saturated carbocycles. The highest BCUT2D eigenvalue weighted by atomic mass is 16.5. The number of rotatable bonds is 5. The fourth-order valence-corrected chi connectivity index (χ4v) is 0.933. The summed E-state index contributed by atoms with van der Waals surface area (Å²) in [4.78, 5) is 9.91. The van der Waals surface area contributed by atoms with Crippen molar-refractivity contribution in [1.82, 2.24) is 0 Å². The molecule has 1 rings (SSSR count). The van der Waals surface area contributed by atoms with Gasteiger partial charge in [0.05, 0.1) is 6.61 Å². The lowest BCUT2D eigenvalue weighted by molar-refractivity contribution is 0.331. The molecule has 3 nitrogen and oxygen atoms in total. The Hall–Kier alpha value is -1.51. The lowest BCUT2D eigenvalue weighted by Gasteiger charge is -2.05. The quantitative estimate of drug-likeness (QED) is 0.688. The average Bonchev–Trinajstić information content (AvgIpc) is 2.16. The monoisotopic (exact) mass is 179 g/mol. The number of hydrogen-bond acceptors (Lipinski definition) is 3. The summed E-state index contributed by atoms with van der Waals surface area (Å²) in [6, 6.07) is 7.15. The Morgan fingerprint density at radius 2 is 2.00 bits per heavy atom. The minimum atomic E-state index is -0.0461. The fourth-order valence-electron chi connectivity index (χ4n) is 0.933. The van der Waals surface area contributed by atoms with Crippen molar-refractivity contribution in [2.24, 2.45) is 0 Å². The summed E-state index contributed by atoms with van der Waals surface area (Å²) in [5.74, 6) is 1.36. The SMILES string of the molecule is CCOc1cccc(OC[C]=O)c1. The normalized spacial score (nSPS) is 9.31. The maximum absolute atomic E-state index is 9.91. The molecule has 0 aliphatic heterocycles. The van der Waals surface area contributed by atoms with Crippen LogP contribution < -0.4 is 9.47 Å². The van der Waals surface area contributed by atoms with Gasteiger partial charge in [0.25, 0.3) is 0 Å². The van der Waals surface area contributed by atoms with Crippen molar-refractivity contribution in [1.29, 1.82) is 0 Å². The molecule has 0 saturated heterocycles. The van der Waals surface area contributed by atoms with Crippen LogP contribution in [0.1, 0.15) is 6.92 Å². The van der Waals surface area contributed by atoms with E-state index in [-0.39, 0.29) is 6.61 Å². The van der Waals surface area contributed by atoms with Crippen molar-refractivity contribution in [2.45, 2.75) is 6.92 Å². The van der Waals surface area contributed by atoms with Gasteiger partial charge in [0.2, 0.25) is 6.29 Å². The molecule has 0 amide bonds. The third-order valence-electron chi connectivity index (χ3n) is 1.41. The summed E-state index contributed by atoms with van der Waals surface area (Å²) < 4.78 is 10.3. The van der Waals surface area contributed by atoms with Crippen LogP contribution in [-0.4, -0.2) is 19.5 Å². The molecule has 0 aromatic heterocycles. The highest BCUT2D eigenvalue weighted by Gasteiger charge is 1.96. The number of ether oxygens (including phenoxy) is 2. The van der Waals surface area contributed by atoms with E-state index in [1.165, 1.54) is 0 Å². The van der Waals surface area contributed by atoms with Gasteiger partial charge in [0, 0.05) is 6.07 Å². The summed E-state index contributed by atoms with van der Waals surface area (Å²) in [5.41, 5.74) is 0. The summed E-state index contributed by atoms with van der Waals surface area (Å²) in [6.45, 7) is 2.48. The predicted molar refractivity (Wildman–Crippen MR) is 48.8 cm³/mol. The van der Waals surface area contributed by atoms with Gasteiger partial charge in [0.15, 0.2) is 6.61 Å². The Balaban J connectivity index is 2.61. The summed E-state index contributed by atoms with van der Waals surface area (Å²) in [6.07, 6.45) is 1.65. The van der Waals surface area contributed by atoms with Crippen molar-refractivity contribution in [3.63, 3.8) is 0 Å². The zero-order valence-electron chi connectivity index (χ0n) is 7.45. The third kappa shape index (κ3) is 3.15. The molecular weight excluding hydrogens is 168 g/mol.